The van der Waals surface area contributed by atoms with Crippen LogP contribution in [0.2, 0.25) is 0 Å². The highest BCUT2D eigenvalue weighted by molar-refractivity contribution is 14.1. The van der Waals surface area contributed by atoms with E-state index >= 15 is 0 Å². The Kier molecular flexibility index (Phi) is 4.57. The molecule has 5 heteroatoms. The zero-order chi connectivity index (χ0) is 13.0. The Morgan fingerprint density at radius 1 is 1.33 bits per heavy atom. The van der Waals surface area contributed by atoms with E-state index < -0.39 is 0 Å². The van der Waals surface area contributed by atoms with E-state index in [4.69, 9.17) is 4.42 Å². The van der Waals surface area contributed by atoms with E-state index in [1.165, 1.54) is 0 Å². The molecule has 0 saturated carbocycles. The molecule has 0 aliphatic rings. The SMILES string of the molecule is CCCc1nc(-c2ccoc2)nc(NCC)c1I. The number of aryl methyl sites for hydroxylation is 1. The van der Waals surface area contributed by atoms with Crippen LogP contribution in [0.3, 0.4) is 0 Å². The van der Waals surface area contributed by atoms with Crippen LogP contribution in [-0.2, 0) is 6.42 Å². The molecule has 2 rings (SSSR count). The molecule has 96 valence electrons. The van der Waals surface area contributed by atoms with E-state index in [1.54, 1.807) is 12.5 Å². The van der Waals surface area contributed by atoms with E-state index in [9.17, 15) is 0 Å². The molecule has 2 aromatic rings. The van der Waals surface area contributed by atoms with Crippen molar-refractivity contribution in [3.63, 3.8) is 0 Å². The van der Waals surface area contributed by atoms with Gasteiger partial charge in [0.15, 0.2) is 5.82 Å². The second-order valence-corrected chi connectivity index (χ2v) is 5.03. The predicted octanol–water partition coefficient (Wildman–Crippen LogP) is 3.73. The van der Waals surface area contributed by atoms with Crippen LogP contribution in [0.5, 0.6) is 0 Å². The molecule has 0 unspecified atom stereocenters. The fraction of sp³-hybridized carbons (Fsp3) is 0.385. The molecule has 2 aromatic heterocycles. The third-order valence-electron chi connectivity index (χ3n) is 2.53. The van der Waals surface area contributed by atoms with Gasteiger partial charge in [-0.25, -0.2) is 9.97 Å². The Balaban J connectivity index is 2.47. The summed E-state index contributed by atoms with van der Waals surface area (Å²) in [5, 5.41) is 3.29. The number of anilines is 1. The zero-order valence-corrected chi connectivity index (χ0v) is 12.7. The van der Waals surface area contributed by atoms with Gasteiger partial charge in [0.05, 0.1) is 21.1 Å². The maximum atomic E-state index is 5.10. The molecule has 1 N–H and O–H groups in total. The van der Waals surface area contributed by atoms with Gasteiger partial charge in [0.2, 0.25) is 0 Å². The first-order valence-corrected chi connectivity index (χ1v) is 7.17. The van der Waals surface area contributed by atoms with Gasteiger partial charge in [0.25, 0.3) is 0 Å². The minimum atomic E-state index is 0.726. The summed E-state index contributed by atoms with van der Waals surface area (Å²) in [6.07, 6.45) is 5.35. The molecular weight excluding hydrogens is 341 g/mol. The highest BCUT2D eigenvalue weighted by atomic mass is 127. The summed E-state index contributed by atoms with van der Waals surface area (Å²) in [7, 11) is 0. The molecule has 0 radical (unpaired) electrons. The summed E-state index contributed by atoms with van der Waals surface area (Å²) >= 11 is 2.31. The lowest BCUT2D eigenvalue weighted by Gasteiger charge is -2.11. The maximum absolute atomic E-state index is 5.10. The molecular formula is C13H16IN3O. The van der Waals surface area contributed by atoms with Crippen LogP contribution in [-0.4, -0.2) is 16.5 Å². The van der Waals surface area contributed by atoms with Gasteiger partial charge in [-0.05, 0) is 42.0 Å². The molecule has 0 atom stereocenters. The molecule has 0 aliphatic carbocycles. The van der Waals surface area contributed by atoms with Crippen molar-refractivity contribution in [1.29, 1.82) is 0 Å². The van der Waals surface area contributed by atoms with Gasteiger partial charge in [-0.2, -0.15) is 0 Å². The normalized spacial score (nSPS) is 10.6. The second-order valence-electron chi connectivity index (χ2n) is 3.95. The smallest absolute Gasteiger partial charge is 0.165 e. The number of halogens is 1. The van der Waals surface area contributed by atoms with E-state index in [2.05, 4.69) is 51.7 Å². The fourth-order valence-corrected chi connectivity index (χ4v) is 2.40. The first-order valence-electron chi connectivity index (χ1n) is 6.09. The molecule has 2 heterocycles. The van der Waals surface area contributed by atoms with Crippen molar-refractivity contribution < 1.29 is 4.42 Å². The Labute approximate surface area is 120 Å². The average Bonchev–Trinajstić information content (AvgIpc) is 2.88. The Morgan fingerprint density at radius 2 is 2.17 bits per heavy atom. The molecule has 18 heavy (non-hydrogen) atoms. The van der Waals surface area contributed by atoms with Gasteiger partial charge < -0.3 is 9.73 Å². The molecule has 0 saturated heterocycles. The highest BCUT2D eigenvalue weighted by Crippen LogP contribution is 2.25. The lowest BCUT2D eigenvalue weighted by atomic mass is 10.2. The number of rotatable bonds is 5. The summed E-state index contributed by atoms with van der Waals surface area (Å²) in [6.45, 7) is 5.07. The van der Waals surface area contributed by atoms with Crippen LogP contribution in [0.4, 0.5) is 5.82 Å². The van der Waals surface area contributed by atoms with Gasteiger partial charge in [-0.15, -0.1) is 0 Å². The second kappa shape index (κ2) is 6.17. The maximum Gasteiger partial charge on any atom is 0.165 e. The van der Waals surface area contributed by atoms with Crippen molar-refractivity contribution in [2.75, 3.05) is 11.9 Å². The minimum Gasteiger partial charge on any atom is -0.472 e. The van der Waals surface area contributed by atoms with Crippen molar-refractivity contribution in [3.05, 3.63) is 27.9 Å². The number of aromatic nitrogens is 2. The third kappa shape index (κ3) is 2.82. The van der Waals surface area contributed by atoms with Crippen LogP contribution in [0.25, 0.3) is 11.4 Å². The Hall–Kier alpha value is -1.11. The van der Waals surface area contributed by atoms with Crippen molar-refractivity contribution in [3.8, 4) is 11.4 Å². The van der Waals surface area contributed by atoms with Crippen molar-refractivity contribution in [1.82, 2.24) is 9.97 Å². The lowest BCUT2D eigenvalue weighted by molar-refractivity contribution is 0.568. The largest absolute Gasteiger partial charge is 0.472 e. The van der Waals surface area contributed by atoms with Crippen LogP contribution in [0.15, 0.2) is 23.0 Å². The van der Waals surface area contributed by atoms with Crippen LogP contribution in [0.1, 0.15) is 26.0 Å². The average molecular weight is 357 g/mol. The van der Waals surface area contributed by atoms with Gasteiger partial charge in [-0.3, -0.25) is 0 Å². The molecule has 0 aromatic carbocycles. The predicted molar refractivity (Wildman–Crippen MR) is 80.6 cm³/mol. The minimum absolute atomic E-state index is 0.726. The first-order chi connectivity index (χ1) is 8.76. The highest BCUT2D eigenvalue weighted by Gasteiger charge is 2.13. The standard InChI is InChI=1S/C13H16IN3O/c1-3-5-10-11(14)13(15-4-2)17-12(16-10)9-6-7-18-8-9/h6-8H,3-5H2,1-2H3,(H,15,16,17). The number of nitrogens with zero attached hydrogens (tertiary/aromatic N) is 2. The van der Waals surface area contributed by atoms with Crippen LogP contribution < -0.4 is 5.32 Å². The van der Waals surface area contributed by atoms with E-state index in [0.29, 0.717) is 0 Å². The molecule has 0 aliphatic heterocycles. The number of nitrogens with one attached hydrogen (secondary N) is 1. The molecule has 0 fully saturated rings. The van der Waals surface area contributed by atoms with Gasteiger partial charge in [0, 0.05) is 6.54 Å². The molecule has 0 spiro atoms. The quantitative estimate of drug-likeness (QED) is 0.829. The fourth-order valence-electron chi connectivity index (χ4n) is 1.70. The lowest BCUT2D eigenvalue weighted by Crippen LogP contribution is -2.07. The number of hydrogen-bond donors (Lipinski definition) is 1. The van der Waals surface area contributed by atoms with Gasteiger partial charge in [0.1, 0.15) is 12.1 Å². The van der Waals surface area contributed by atoms with Gasteiger partial charge in [-0.1, -0.05) is 13.3 Å². The zero-order valence-electron chi connectivity index (χ0n) is 10.5. The topological polar surface area (TPSA) is 51.0 Å². The summed E-state index contributed by atoms with van der Waals surface area (Å²) < 4.78 is 6.21. The number of hydrogen-bond acceptors (Lipinski definition) is 4. The van der Waals surface area contributed by atoms with Crippen molar-refractivity contribution in [2.24, 2.45) is 0 Å². The first kappa shape index (κ1) is 13.3. The monoisotopic (exact) mass is 357 g/mol. The molecule has 0 amide bonds. The van der Waals surface area contributed by atoms with E-state index in [-0.39, 0.29) is 0 Å². The number of furan rings is 1. The third-order valence-corrected chi connectivity index (χ3v) is 3.66. The van der Waals surface area contributed by atoms with Crippen LogP contribution in [0, 0.1) is 3.57 Å². The van der Waals surface area contributed by atoms with Crippen LogP contribution >= 0.6 is 22.6 Å². The molecule has 0 bridgehead atoms. The summed E-state index contributed by atoms with van der Waals surface area (Å²) in [5.74, 6) is 1.64. The summed E-state index contributed by atoms with van der Waals surface area (Å²) in [6, 6.07) is 1.88. The van der Waals surface area contributed by atoms with Crippen molar-refractivity contribution >= 4 is 28.4 Å². The van der Waals surface area contributed by atoms with Crippen molar-refractivity contribution in [2.45, 2.75) is 26.7 Å². The van der Waals surface area contributed by atoms with E-state index in [0.717, 1.165) is 45.9 Å². The van der Waals surface area contributed by atoms with Gasteiger partial charge >= 0.3 is 0 Å². The summed E-state index contributed by atoms with van der Waals surface area (Å²) in [5.41, 5.74) is 2.02. The van der Waals surface area contributed by atoms with E-state index in [1.807, 2.05) is 6.07 Å². The molecule has 4 nitrogen and oxygen atoms in total. The summed E-state index contributed by atoms with van der Waals surface area (Å²) in [4.78, 5) is 9.19. The Bertz CT molecular complexity index is 484. The Morgan fingerprint density at radius 3 is 2.78 bits per heavy atom.